The third-order valence-corrected chi connectivity index (χ3v) is 3.08. The highest BCUT2D eigenvalue weighted by Gasteiger charge is 2.37. The summed E-state index contributed by atoms with van der Waals surface area (Å²) in [7, 11) is 0. The Balaban J connectivity index is 2.55. The third kappa shape index (κ3) is 2.92. The second-order valence-corrected chi connectivity index (χ2v) is 4.12. The highest BCUT2D eigenvalue weighted by atomic mass is 16.4. The van der Waals surface area contributed by atoms with Gasteiger partial charge in [-0.05, 0) is 12.8 Å². The van der Waals surface area contributed by atoms with Crippen molar-refractivity contribution in [2.45, 2.75) is 32.1 Å². The summed E-state index contributed by atoms with van der Waals surface area (Å²) in [6, 6.07) is 0. The lowest BCUT2D eigenvalue weighted by atomic mass is 9.73. The van der Waals surface area contributed by atoms with Crippen molar-refractivity contribution in [3.63, 3.8) is 0 Å². The Morgan fingerprint density at radius 1 is 1.27 bits per heavy atom. The maximum absolute atomic E-state index is 11.8. The van der Waals surface area contributed by atoms with Crippen molar-refractivity contribution in [3.05, 3.63) is 0 Å². The van der Waals surface area contributed by atoms with Gasteiger partial charge in [-0.1, -0.05) is 19.3 Å². The maximum atomic E-state index is 11.8. The first kappa shape index (κ1) is 12.0. The number of carbonyl (C=O) groups is 2. The summed E-state index contributed by atoms with van der Waals surface area (Å²) in [5.41, 5.74) is 5.12. The molecule has 1 fully saturated rings. The van der Waals surface area contributed by atoms with Gasteiger partial charge in [-0.2, -0.15) is 0 Å². The van der Waals surface area contributed by atoms with Crippen LogP contribution >= 0.6 is 0 Å². The van der Waals surface area contributed by atoms with E-state index in [4.69, 9.17) is 10.8 Å². The zero-order valence-corrected chi connectivity index (χ0v) is 8.79. The molecule has 1 aliphatic carbocycles. The van der Waals surface area contributed by atoms with E-state index in [1.165, 1.54) is 0 Å². The predicted molar refractivity (Wildman–Crippen MR) is 55.2 cm³/mol. The second kappa shape index (κ2) is 5.11. The fourth-order valence-corrected chi connectivity index (χ4v) is 2.10. The number of rotatable bonds is 4. The van der Waals surface area contributed by atoms with Crippen molar-refractivity contribution in [2.75, 3.05) is 13.1 Å². The third-order valence-electron chi connectivity index (χ3n) is 3.08. The molecular formula is C10H18N2O3. The topological polar surface area (TPSA) is 92.4 Å². The Hall–Kier alpha value is -1.10. The largest absolute Gasteiger partial charge is 0.480 e. The average Bonchev–Trinajstić information content (AvgIpc) is 2.26. The molecule has 1 rings (SSSR count). The number of carbonyl (C=O) groups excluding carboxylic acids is 1. The first-order chi connectivity index (χ1) is 7.10. The van der Waals surface area contributed by atoms with Crippen LogP contribution in [0.3, 0.4) is 0 Å². The van der Waals surface area contributed by atoms with Crippen LogP contribution in [-0.4, -0.2) is 30.1 Å². The molecule has 5 nitrogen and oxygen atoms in total. The van der Waals surface area contributed by atoms with Crippen LogP contribution in [0.4, 0.5) is 0 Å². The van der Waals surface area contributed by atoms with Crippen molar-refractivity contribution in [1.29, 1.82) is 0 Å². The number of hydrogen-bond acceptors (Lipinski definition) is 3. The lowest BCUT2D eigenvalue weighted by Gasteiger charge is -2.34. The molecule has 0 atom stereocenters. The maximum Gasteiger partial charge on any atom is 0.322 e. The minimum atomic E-state index is -1.02. The number of nitrogens with one attached hydrogen (secondary N) is 1. The molecular weight excluding hydrogens is 196 g/mol. The van der Waals surface area contributed by atoms with Gasteiger partial charge in [0.25, 0.3) is 0 Å². The lowest BCUT2D eigenvalue weighted by molar-refractivity contribution is -0.140. The zero-order chi connectivity index (χ0) is 11.3. The molecule has 0 aromatic heterocycles. The van der Waals surface area contributed by atoms with Crippen molar-refractivity contribution in [2.24, 2.45) is 11.1 Å². The Labute approximate surface area is 89.0 Å². The van der Waals surface area contributed by atoms with E-state index in [9.17, 15) is 9.59 Å². The van der Waals surface area contributed by atoms with Crippen LogP contribution in [0, 0.1) is 5.41 Å². The number of hydrogen-bond donors (Lipinski definition) is 3. The van der Waals surface area contributed by atoms with Gasteiger partial charge in [0.2, 0.25) is 5.91 Å². The number of aliphatic carboxylic acids is 1. The van der Waals surface area contributed by atoms with Gasteiger partial charge >= 0.3 is 5.97 Å². The van der Waals surface area contributed by atoms with E-state index in [0.717, 1.165) is 32.1 Å². The summed E-state index contributed by atoms with van der Waals surface area (Å²) in [5.74, 6) is -1.22. The Kier molecular flexibility index (Phi) is 4.08. The quantitative estimate of drug-likeness (QED) is 0.618. The molecule has 5 heteroatoms. The fourth-order valence-electron chi connectivity index (χ4n) is 2.10. The van der Waals surface area contributed by atoms with Crippen LogP contribution < -0.4 is 11.1 Å². The molecule has 86 valence electrons. The second-order valence-electron chi connectivity index (χ2n) is 4.12. The van der Waals surface area contributed by atoms with Crippen molar-refractivity contribution in [3.8, 4) is 0 Å². The van der Waals surface area contributed by atoms with Crippen molar-refractivity contribution >= 4 is 11.9 Å². The number of carboxylic acids is 1. The molecule has 0 unspecified atom stereocenters. The van der Waals surface area contributed by atoms with E-state index in [0.29, 0.717) is 6.54 Å². The molecule has 0 bridgehead atoms. The Morgan fingerprint density at radius 3 is 2.33 bits per heavy atom. The summed E-state index contributed by atoms with van der Waals surface area (Å²) in [4.78, 5) is 22.1. The Morgan fingerprint density at radius 2 is 1.87 bits per heavy atom. The van der Waals surface area contributed by atoms with Gasteiger partial charge in [0, 0.05) is 6.54 Å². The van der Waals surface area contributed by atoms with Gasteiger partial charge in [-0.25, -0.2) is 0 Å². The van der Waals surface area contributed by atoms with Gasteiger partial charge in [0.1, 0.15) is 6.54 Å². The number of carboxylic acid groups (broad SMARTS) is 1. The highest BCUT2D eigenvalue weighted by Crippen LogP contribution is 2.35. The molecule has 0 spiro atoms. The van der Waals surface area contributed by atoms with Crippen LogP contribution in [0.5, 0.6) is 0 Å². The SMILES string of the molecule is NCC1(C(=O)NCC(=O)O)CCCCC1. The van der Waals surface area contributed by atoms with E-state index >= 15 is 0 Å². The minimum Gasteiger partial charge on any atom is -0.480 e. The summed E-state index contributed by atoms with van der Waals surface area (Å²) in [6.45, 7) is -0.0148. The molecule has 1 amide bonds. The van der Waals surface area contributed by atoms with Gasteiger partial charge in [-0.3, -0.25) is 9.59 Å². The van der Waals surface area contributed by atoms with Crippen LogP contribution in [0.15, 0.2) is 0 Å². The van der Waals surface area contributed by atoms with E-state index < -0.39 is 11.4 Å². The highest BCUT2D eigenvalue weighted by molar-refractivity contribution is 5.86. The predicted octanol–water partition coefficient (Wildman–Crippen LogP) is 0.0964. The molecule has 4 N–H and O–H groups in total. The van der Waals surface area contributed by atoms with E-state index in [2.05, 4.69) is 5.32 Å². The van der Waals surface area contributed by atoms with Crippen molar-refractivity contribution in [1.82, 2.24) is 5.32 Å². The number of nitrogens with two attached hydrogens (primary N) is 1. The van der Waals surface area contributed by atoms with E-state index in [1.807, 2.05) is 0 Å². The smallest absolute Gasteiger partial charge is 0.322 e. The Bertz CT molecular complexity index is 247. The molecule has 0 heterocycles. The summed E-state index contributed by atoms with van der Waals surface area (Å²) < 4.78 is 0. The first-order valence-corrected chi connectivity index (χ1v) is 5.31. The van der Waals surface area contributed by atoms with Gasteiger partial charge < -0.3 is 16.2 Å². The lowest BCUT2D eigenvalue weighted by Crippen LogP contribution is -2.48. The van der Waals surface area contributed by atoms with E-state index in [1.54, 1.807) is 0 Å². The normalized spacial score (nSPS) is 19.5. The number of amides is 1. The molecule has 15 heavy (non-hydrogen) atoms. The monoisotopic (exact) mass is 214 g/mol. The molecule has 0 aromatic rings. The molecule has 0 radical (unpaired) electrons. The van der Waals surface area contributed by atoms with Gasteiger partial charge in [0.15, 0.2) is 0 Å². The van der Waals surface area contributed by atoms with Crippen LogP contribution in [0.2, 0.25) is 0 Å². The standard InChI is InChI=1S/C10H18N2O3/c11-7-10(4-2-1-3-5-10)9(15)12-6-8(13)14/h1-7,11H2,(H,12,15)(H,13,14). The van der Waals surface area contributed by atoms with Crippen molar-refractivity contribution < 1.29 is 14.7 Å². The van der Waals surface area contributed by atoms with Crippen LogP contribution in [0.1, 0.15) is 32.1 Å². The molecule has 1 aliphatic rings. The minimum absolute atomic E-state index is 0.202. The zero-order valence-electron chi connectivity index (χ0n) is 8.79. The molecule has 0 aromatic carbocycles. The summed E-state index contributed by atoms with van der Waals surface area (Å²) >= 11 is 0. The molecule has 1 saturated carbocycles. The van der Waals surface area contributed by atoms with Crippen LogP contribution in [0.25, 0.3) is 0 Å². The molecule has 0 aliphatic heterocycles. The fraction of sp³-hybridized carbons (Fsp3) is 0.800. The summed E-state index contributed by atoms with van der Waals surface area (Å²) in [5, 5.41) is 10.9. The summed E-state index contributed by atoms with van der Waals surface area (Å²) in [6.07, 6.45) is 4.67. The van der Waals surface area contributed by atoms with Crippen LogP contribution in [-0.2, 0) is 9.59 Å². The molecule has 0 saturated heterocycles. The average molecular weight is 214 g/mol. The van der Waals surface area contributed by atoms with Gasteiger partial charge in [0.05, 0.1) is 5.41 Å². The first-order valence-electron chi connectivity index (χ1n) is 5.31. The van der Waals surface area contributed by atoms with Gasteiger partial charge in [-0.15, -0.1) is 0 Å². The van der Waals surface area contributed by atoms with E-state index in [-0.39, 0.29) is 12.5 Å².